The molecule has 0 aliphatic carbocycles. The molecule has 0 spiro atoms. The molecule has 3 heterocycles. The SMILES string of the molecule is CC(=O)Cl.CC(=O)Nc1cc(Br)c2ccccc2n1.CCOC(=O)CC#N.Cc1ccc(S(=O)O)cc1.Nc1cc(=O)c2ccccc2[nH]1.Nc1cc(Br)c2ccccc2n1.Nc1ccccc1. The summed E-state index contributed by atoms with van der Waals surface area (Å²) < 4.78 is 25.3. The number of nitrogens with two attached hydrogens (primary N) is 3. The first kappa shape index (κ1) is 57.1. The van der Waals surface area contributed by atoms with E-state index in [2.05, 4.69) is 68.5 Å². The molecule has 8 aromatic rings. The van der Waals surface area contributed by atoms with Gasteiger partial charge in [0.15, 0.2) is 16.5 Å². The normalized spacial score (nSPS) is 9.99. The van der Waals surface area contributed by atoms with Crippen molar-refractivity contribution >= 4 is 128 Å². The van der Waals surface area contributed by atoms with Gasteiger partial charge < -0.3 is 36.8 Å². The van der Waals surface area contributed by atoms with Gasteiger partial charge in [0, 0.05) is 50.7 Å². The van der Waals surface area contributed by atoms with Crippen LogP contribution in [0.1, 0.15) is 32.8 Å². The van der Waals surface area contributed by atoms with Gasteiger partial charge in [0.1, 0.15) is 23.9 Å². The molecule has 3 aromatic heterocycles. The van der Waals surface area contributed by atoms with Crippen LogP contribution in [-0.4, -0.2) is 47.4 Å². The molecule has 0 fully saturated rings. The van der Waals surface area contributed by atoms with E-state index in [9.17, 15) is 23.4 Å². The lowest BCUT2D eigenvalue weighted by Crippen LogP contribution is -2.07. The molecule has 15 nitrogen and oxygen atoms in total. The van der Waals surface area contributed by atoms with Gasteiger partial charge in [-0.3, -0.25) is 19.2 Å². The van der Waals surface area contributed by atoms with E-state index in [0.717, 1.165) is 47.5 Å². The molecular weight excluding hydrogens is 1040 g/mol. The number of nitrogen functional groups attached to an aromatic ring is 3. The van der Waals surface area contributed by atoms with Gasteiger partial charge in [0.25, 0.3) is 0 Å². The van der Waals surface area contributed by atoms with Crippen molar-refractivity contribution in [2.75, 3.05) is 29.1 Å². The Morgan fingerprint density at radius 1 is 0.779 bits per heavy atom. The number of pyridine rings is 3. The number of amides is 1. The van der Waals surface area contributed by atoms with Gasteiger partial charge in [-0.05, 0) is 118 Å². The van der Waals surface area contributed by atoms with E-state index in [1.165, 1.54) is 19.9 Å². The summed E-state index contributed by atoms with van der Waals surface area (Å²) in [5.41, 5.74) is 20.8. The number of carbonyl (C=O) groups excluding carboxylic acids is 3. The monoisotopic (exact) mass is 1090 g/mol. The van der Waals surface area contributed by atoms with E-state index < -0.39 is 17.0 Å². The van der Waals surface area contributed by atoms with Crippen LogP contribution in [0.25, 0.3) is 32.7 Å². The maximum Gasteiger partial charge on any atom is 0.320 e. The van der Waals surface area contributed by atoms with E-state index in [4.69, 9.17) is 27.0 Å². The number of carbonyl (C=O) groups is 3. The number of nitrogens with one attached hydrogen (secondary N) is 2. The molecule has 5 aromatic carbocycles. The van der Waals surface area contributed by atoms with E-state index in [-0.39, 0.29) is 23.0 Å². The predicted octanol–water partition coefficient (Wildman–Crippen LogP) is 10.7. The fourth-order valence-electron chi connectivity index (χ4n) is 5.13. The van der Waals surface area contributed by atoms with Crippen molar-refractivity contribution < 1.29 is 27.9 Å². The highest BCUT2D eigenvalue weighted by Crippen LogP contribution is 2.25. The number of hydrogen-bond acceptors (Lipinski definition) is 12. The van der Waals surface area contributed by atoms with Gasteiger partial charge in [-0.25, -0.2) is 14.2 Å². The molecule has 0 aliphatic heterocycles. The van der Waals surface area contributed by atoms with Crippen molar-refractivity contribution in [1.29, 1.82) is 5.26 Å². The van der Waals surface area contributed by atoms with Crippen LogP contribution in [0.4, 0.5) is 23.1 Å². The number of fused-ring (bicyclic) bond motifs is 3. The zero-order chi connectivity index (χ0) is 50.6. The third-order valence-electron chi connectivity index (χ3n) is 7.96. The molecule has 8 rings (SSSR count). The number of anilines is 4. The fourth-order valence-corrected chi connectivity index (χ4v) is 6.62. The first-order valence-corrected chi connectivity index (χ1v) is 23.1. The second-order valence-corrected chi connectivity index (χ2v) is 16.7. The van der Waals surface area contributed by atoms with Gasteiger partial charge in [-0.1, -0.05) is 84.4 Å². The topological polar surface area (TPSA) is 270 Å². The summed E-state index contributed by atoms with van der Waals surface area (Å²) in [7, 11) is 0. The number of aromatic amines is 1. The fraction of sp³-hybridized carbons (Fsp3) is 0.122. The Kier molecular flexibility index (Phi) is 26.1. The van der Waals surface area contributed by atoms with E-state index >= 15 is 0 Å². The van der Waals surface area contributed by atoms with Crippen LogP contribution < -0.4 is 27.9 Å². The van der Waals surface area contributed by atoms with Crippen LogP contribution in [0.3, 0.4) is 0 Å². The van der Waals surface area contributed by atoms with E-state index in [1.807, 2.05) is 122 Å². The summed E-state index contributed by atoms with van der Waals surface area (Å²) >= 11 is 9.67. The minimum absolute atomic E-state index is 0.0400. The van der Waals surface area contributed by atoms with Gasteiger partial charge in [-0.2, -0.15) is 5.26 Å². The minimum Gasteiger partial charge on any atom is -0.465 e. The standard InChI is InChI=1S/C11H9BrN2O.C9H7BrN2.C9H8N2O.C7H8O2S.C6H7N.C5H7NO2.C2H3ClO/c1-7(15)13-11-6-9(12)8-4-2-3-5-10(8)14-11;10-7-5-9(11)12-8-4-2-1-3-6(7)8;10-9-5-8(12)6-3-1-2-4-7(6)11-9;1-6-2-4-7(5-3-6)10(8)9;7-6-4-2-1-3-5-6;1-2-8-5(7)3-4-6;1-2(3)4/h2-6H,1H3,(H,13,14,15);1-5H,(H2,11,12);1-5H,(H3,10,11,12);2-5H,1H3,(H,8,9);1-5H,7H2;2-3H2,1H3;1H3. The number of hydrogen-bond donors (Lipinski definition) is 6. The van der Waals surface area contributed by atoms with Crippen LogP contribution >= 0.6 is 43.5 Å². The number of benzene rings is 5. The van der Waals surface area contributed by atoms with Crippen LogP contribution in [-0.2, 0) is 30.2 Å². The Labute approximate surface area is 417 Å². The number of aryl methyl sites for hydroxylation is 1. The zero-order valence-electron chi connectivity index (χ0n) is 37.3. The number of aromatic nitrogens is 3. The van der Waals surface area contributed by atoms with Crippen LogP contribution in [0, 0.1) is 18.3 Å². The molecule has 0 saturated heterocycles. The van der Waals surface area contributed by atoms with Crippen molar-refractivity contribution in [3.8, 4) is 6.07 Å². The molecule has 1 atom stereocenters. The molecule has 1 amide bonds. The largest absolute Gasteiger partial charge is 0.465 e. The Bertz CT molecular complexity index is 3010. The summed E-state index contributed by atoms with van der Waals surface area (Å²) in [6.45, 7) is 6.74. The number of rotatable bonds is 4. The molecular formula is C49H49Br2ClN8O7S. The molecule has 0 bridgehead atoms. The van der Waals surface area contributed by atoms with E-state index in [0.29, 0.717) is 34.3 Å². The van der Waals surface area contributed by atoms with Crippen molar-refractivity contribution in [1.82, 2.24) is 15.0 Å². The number of esters is 1. The number of nitrogens with zero attached hydrogens (tertiary/aromatic N) is 3. The minimum atomic E-state index is -1.84. The third-order valence-corrected chi connectivity index (χ3v) is 9.95. The molecule has 1 unspecified atom stereocenters. The van der Waals surface area contributed by atoms with Crippen molar-refractivity contribution in [3.05, 3.63) is 170 Å². The van der Waals surface area contributed by atoms with Gasteiger partial charge >= 0.3 is 5.97 Å². The molecule has 0 radical (unpaired) electrons. The first-order chi connectivity index (χ1) is 32.3. The molecule has 68 heavy (non-hydrogen) atoms. The number of halogens is 3. The third kappa shape index (κ3) is 22.5. The van der Waals surface area contributed by atoms with Crippen LogP contribution in [0.2, 0.25) is 0 Å². The number of para-hydroxylation sites is 4. The average molecular weight is 1090 g/mol. The summed E-state index contributed by atoms with van der Waals surface area (Å²) in [4.78, 5) is 53.5. The van der Waals surface area contributed by atoms with Crippen LogP contribution in [0.5, 0.6) is 0 Å². The molecule has 0 saturated carbocycles. The number of nitriles is 1. The summed E-state index contributed by atoms with van der Waals surface area (Å²) in [6, 6.07) is 46.0. The molecule has 0 aliphatic rings. The highest BCUT2D eigenvalue weighted by atomic mass is 79.9. The smallest absolute Gasteiger partial charge is 0.320 e. The quantitative estimate of drug-likeness (QED) is 0.0415. The van der Waals surface area contributed by atoms with E-state index in [1.54, 1.807) is 37.3 Å². The van der Waals surface area contributed by atoms with Crippen molar-refractivity contribution in [3.63, 3.8) is 0 Å². The van der Waals surface area contributed by atoms with Crippen molar-refractivity contribution in [2.24, 2.45) is 0 Å². The first-order valence-electron chi connectivity index (χ1n) is 20.0. The second kappa shape index (κ2) is 31.1. The summed E-state index contributed by atoms with van der Waals surface area (Å²) in [6.07, 6.45) is -0.145. The number of ether oxygens (including phenoxy) is 1. The average Bonchev–Trinajstić information content (AvgIpc) is 3.28. The Morgan fingerprint density at radius 2 is 1.28 bits per heavy atom. The molecule has 9 N–H and O–H groups in total. The van der Waals surface area contributed by atoms with Gasteiger partial charge in [-0.15, -0.1) is 0 Å². The molecule has 354 valence electrons. The van der Waals surface area contributed by atoms with Gasteiger partial charge in [0.2, 0.25) is 11.1 Å². The van der Waals surface area contributed by atoms with Crippen LogP contribution in [0.15, 0.2) is 164 Å². The Morgan fingerprint density at radius 3 is 1.78 bits per heavy atom. The number of H-pyrrole nitrogens is 1. The lowest BCUT2D eigenvalue weighted by atomic mass is 10.2. The lowest BCUT2D eigenvalue weighted by molar-refractivity contribution is -0.141. The maximum atomic E-state index is 11.3. The Hall–Kier alpha value is -7.01. The maximum absolute atomic E-state index is 11.3. The summed E-state index contributed by atoms with van der Waals surface area (Å²) in [5.74, 6) is 0.937. The van der Waals surface area contributed by atoms with Gasteiger partial charge in [0.05, 0.1) is 34.1 Å². The summed E-state index contributed by atoms with van der Waals surface area (Å²) in [5, 5.41) is 13.0. The molecule has 19 heteroatoms. The van der Waals surface area contributed by atoms with Crippen molar-refractivity contribution in [2.45, 2.75) is 39.0 Å². The zero-order valence-corrected chi connectivity index (χ0v) is 42.0. The lowest BCUT2D eigenvalue weighted by Gasteiger charge is -2.05. The Balaban J connectivity index is 0.000000280. The highest BCUT2D eigenvalue weighted by Gasteiger charge is 2.04. The highest BCUT2D eigenvalue weighted by molar-refractivity contribution is 9.11. The predicted molar refractivity (Wildman–Crippen MR) is 281 cm³/mol. The second-order valence-electron chi connectivity index (χ2n) is 13.5.